The molecular formula is C27H30N6O2. The Bertz CT molecular complexity index is 1440. The van der Waals surface area contributed by atoms with E-state index in [0.717, 1.165) is 61.0 Å². The topological polar surface area (TPSA) is 88.9 Å². The zero-order valence-corrected chi connectivity index (χ0v) is 20.2. The van der Waals surface area contributed by atoms with Crippen molar-refractivity contribution in [2.75, 3.05) is 13.2 Å². The maximum absolute atomic E-state index is 13.6. The number of benzene rings is 2. The second-order valence-electron chi connectivity index (χ2n) is 9.79. The molecule has 180 valence electrons. The number of hydrogen-bond acceptors (Lipinski definition) is 6. The molecule has 1 saturated heterocycles. The lowest BCUT2D eigenvalue weighted by Gasteiger charge is -2.35. The molecule has 0 unspecified atom stereocenters. The Kier molecular flexibility index (Phi) is 5.70. The van der Waals surface area contributed by atoms with E-state index < -0.39 is 0 Å². The van der Waals surface area contributed by atoms with Gasteiger partial charge in [-0.15, -0.1) is 5.10 Å². The van der Waals surface area contributed by atoms with Crippen LogP contribution < -0.4 is 5.56 Å². The standard InChI is InChI=1S/C27H30N6O2/c1-17-9-10-18(2)24-22(17)14-23(27(34)28-24)25(32-12-11-19-6-3-4-7-20(19)15-32)26-29-30-31-33(26)16-21-8-5-13-35-21/h3-4,6-7,9-10,14,21,25H,5,8,11-13,15-16H2,1-2H3,(H,28,34)/t21-,25+/m0/s1. The zero-order valence-electron chi connectivity index (χ0n) is 20.2. The Labute approximate surface area is 203 Å². The summed E-state index contributed by atoms with van der Waals surface area (Å²) < 4.78 is 7.71. The maximum Gasteiger partial charge on any atom is 0.253 e. The molecule has 1 fully saturated rings. The van der Waals surface area contributed by atoms with Gasteiger partial charge < -0.3 is 9.72 Å². The largest absolute Gasteiger partial charge is 0.376 e. The number of rotatable bonds is 5. The molecule has 2 aliphatic heterocycles. The quantitative estimate of drug-likeness (QED) is 0.481. The minimum absolute atomic E-state index is 0.0956. The lowest BCUT2D eigenvalue weighted by Crippen LogP contribution is -2.39. The highest BCUT2D eigenvalue weighted by molar-refractivity contribution is 5.85. The number of H-pyrrole nitrogens is 1. The molecule has 0 bridgehead atoms. The normalized spacial score (nSPS) is 19.2. The maximum atomic E-state index is 13.6. The van der Waals surface area contributed by atoms with Gasteiger partial charge in [-0.3, -0.25) is 9.69 Å². The van der Waals surface area contributed by atoms with Crippen LogP contribution in [0.3, 0.4) is 0 Å². The summed E-state index contributed by atoms with van der Waals surface area (Å²) in [4.78, 5) is 19.1. The van der Waals surface area contributed by atoms with Crippen molar-refractivity contribution in [2.24, 2.45) is 0 Å². The fourth-order valence-electron chi connectivity index (χ4n) is 5.55. The number of hydrogen-bond donors (Lipinski definition) is 1. The molecule has 2 atom stereocenters. The number of aryl methyl sites for hydroxylation is 2. The third-order valence-electron chi connectivity index (χ3n) is 7.50. The summed E-state index contributed by atoms with van der Waals surface area (Å²) >= 11 is 0. The van der Waals surface area contributed by atoms with Gasteiger partial charge in [-0.25, -0.2) is 4.68 Å². The highest BCUT2D eigenvalue weighted by atomic mass is 16.5. The number of aromatic amines is 1. The molecule has 2 aliphatic rings. The van der Waals surface area contributed by atoms with Crippen LogP contribution in [0.4, 0.5) is 0 Å². The van der Waals surface area contributed by atoms with Crippen molar-refractivity contribution < 1.29 is 4.74 Å². The predicted octanol–water partition coefficient (Wildman–Crippen LogP) is 3.46. The van der Waals surface area contributed by atoms with Crippen LogP contribution in [-0.2, 0) is 24.2 Å². The van der Waals surface area contributed by atoms with Crippen LogP contribution >= 0.6 is 0 Å². The number of ether oxygens (including phenoxy) is 1. The summed E-state index contributed by atoms with van der Waals surface area (Å²) in [6.45, 7) is 7.02. The van der Waals surface area contributed by atoms with Gasteiger partial charge in [-0.2, -0.15) is 0 Å². The van der Waals surface area contributed by atoms with Crippen molar-refractivity contribution >= 4 is 10.9 Å². The Hall–Kier alpha value is -3.36. The summed E-state index contributed by atoms with van der Waals surface area (Å²) in [5.74, 6) is 0.690. The van der Waals surface area contributed by atoms with Gasteiger partial charge in [0.15, 0.2) is 5.82 Å². The molecule has 0 aliphatic carbocycles. The van der Waals surface area contributed by atoms with Gasteiger partial charge in [-0.1, -0.05) is 36.4 Å². The second kappa shape index (κ2) is 9.02. The van der Waals surface area contributed by atoms with E-state index in [-0.39, 0.29) is 17.7 Å². The number of pyridine rings is 1. The van der Waals surface area contributed by atoms with Gasteiger partial charge in [0, 0.05) is 30.6 Å². The molecule has 2 aromatic heterocycles. The molecular weight excluding hydrogens is 440 g/mol. The molecule has 2 aromatic carbocycles. The molecule has 0 spiro atoms. The Morgan fingerprint density at radius 2 is 1.97 bits per heavy atom. The van der Waals surface area contributed by atoms with Gasteiger partial charge >= 0.3 is 0 Å². The summed E-state index contributed by atoms with van der Waals surface area (Å²) in [5.41, 5.74) is 6.30. The van der Waals surface area contributed by atoms with Crippen molar-refractivity contribution in [2.45, 2.75) is 58.3 Å². The van der Waals surface area contributed by atoms with Gasteiger partial charge in [0.25, 0.3) is 5.56 Å². The van der Waals surface area contributed by atoms with Crippen LogP contribution in [0.15, 0.2) is 47.3 Å². The summed E-state index contributed by atoms with van der Waals surface area (Å²) in [6, 6.07) is 14.4. The summed E-state index contributed by atoms with van der Waals surface area (Å²) in [5, 5.41) is 13.9. The fourth-order valence-corrected chi connectivity index (χ4v) is 5.55. The Morgan fingerprint density at radius 1 is 1.14 bits per heavy atom. The fraction of sp³-hybridized carbons (Fsp3) is 0.407. The monoisotopic (exact) mass is 470 g/mol. The van der Waals surface area contributed by atoms with E-state index in [1.54, 1.807) is 0 Å². The first-order valence-electron chi connectivity index (χ1n) is 12.4. The van der Waals surface area contributed by atoms with Crippen LogP contribution in [0.25, 0.3) is 10.9 Å². The number of aromatic nitrogens is 5. The second-order valence-corrected chi connectivity index (χ2v) is 9.79. The van der Waals surface area contributed by atoms with E-state index in [9.17, 15) is 4.79 Å². The van der Waals surface area contributed by atoms with Crippen LogP contribution in [-0.4, -0.2) is 49.3 Å². The molecule has 0 amide bonds. The predicted molar refractivity (Wildman–Crippen MR) is 133 cm³/mol. The average molecular weight is 471 g/mol. The van der Waals surface area contributed by atoms with E-state index >= 15 is 0 Å². The van der Waals surface area contributed by atoms with Crippen LogP contribution in [0.1, 0.15) is 52.5 Å². The van der Waals surface area contributed by atoms with Crippen LogP contribution in [0, 0.1) is 13.8 Å². The molecule has 4 aromatic rings. The lowest BCUT2D eigenvalue weighted by atomic mass is 9.95. The summed E-state index contributed by atoms with van der Waals surface area (Å²) in [6.07, 6.45) is 3.07. The Balaban J connectivity index is 1.49. The number of nitrogens with zero attached hydrogens (tertiary/aromatic N) is 5. The minimum Gasteiger partial charge on any atom is -0.376 e. The number of tetrazole rings is 1. The average Bonchev–Trinajstić information content (AvgIpc) is 3.55. The van der Waals surface area contributed by atoms with E-state index in [2.05, 4.69) is 68.7 Å². The minimum atomic E-state index is -0.368. The van der Waals surface area contributed by atoms with Crippen LogP contribution in [0.2, 0.25) is 0 Å². The van der Waals surface area contributed by atoms with E-state index in [4.69, 9.17) is 4.74 Å². The Morgan fingerprint density at radius 3 is 2.80 bits per heavy atom. The molecule has 35 heavy (non-hydrogen) atoms. The van der Waals surface area contributed by atoms with Crippen molar-refractivity contribution in [1.29, 1.82) is 0 Å². The first kappa shape index (κ1) is 22.1. The lowest BCUT2D eigenvalue weighted by molar-refractivity contribution is 0.0904. The van der Waals surface area contributed by atoms with Gasteiger partial charge in [0.2, 0.25) is 0 Å². The van der Waals surface area contributed by atoms with Crippen molar-refractivity contribution in [3.05, 3.63) is 86.5 Å². The molecule has 4 heterocycles. The van der Waals surface area contributed by atoms with Gasteiger partial charge in [0.1, 0.15) is 6.04 Å². The molecule has 1 N–H and O–H groups in total. The number of fused-ring (bicyclic) bond motifs is 2. The van der Waals surface area contributed by atoms with Crippen LogP contribution in [0.5, 0.6) is 0 Å². The first-order valence-corrected chi connectivity index (χ1v) is 12.4. The zero-order chi connectivity index (χ0) is 23.9. The van der Waals surface area contributed by atoms with Gasteiger partial charge in [0.05, 0.1) is 18.2 Å². The molecule has 8 nitrogen and oxygen atoms in total. The number of nitrogens with one attached hydrogen (secondary N) is 1. The van der Waals surface area contributed by atoms with Crippen molar-refractivity contribution in [1.82, 2.24) is 30.1 Å². The summed E-state index contributed by atoms with van der Waals surface area (Å²) in [7, 11) is 0. The molecule has 6 rings (SSSR count). The van der Waals surface area contributed by atoms with E-state index in [1.807, 2.05) is 17.7 Å². The third kappa shape index (κ3) is 4.06. The van der Waals surface area contributed by atoms with Gasteiger partial charge in [-0.05, 0) is 71.9 Å². The third-order valence-corrected chi connectivity index (χ3v) is 7.50. The van der Waals surface area contributed by atoms with Crippen molar-refractivity contribution in [3.8, 4) is 0 Å². The molecule has 0 saturated carbocycles. The highest BCUT2D eigenvalue weighted by Crippen LogP contribution is 2.32. The highest BCUT2D eigenvalue weighted by Gasteiger charge is 2.33. The first-order chi connectivity index (χ1) is 17.1. The molecule has 0 radical (unpaired) electrons. The van der Waals surface area contributed by atoms with E-state index in [0.29, 0.717) is 17.9 Å². The van der Waals surface area contributed by atoms with E-state index in [1.165, 1.54) is 11.1 Å². The van der Waals surface area contributed by atoms with Crippen molar-refractivity contribution in [3.63, 3.8) is 0 Å². The SMILES string of the molecule is Cc1ccc(C)c2[nH]c(=O)c([C@H](c3nnnn3C[C@@H]3CCCO3)N3CCc4ccccc4C3)cc12. The molecule has 8 heteroatoms. The smallest absolute Gasteiger partial charge is 0.253 e.